The van der Waals surface area contributed by atoms with Crippen LogP contribution in [-0.2, 0) is 16.1 Å². The largest absolute Gasteiger partial charge is 0.456 e. The number of aromatic nitrogens is 1. The Kier molecular flexibility index (Phi) is 4.13. The number of nitrogens with zero attached hydrogens (tertiary/aromatic N) is 1. The minimum atomic E-state index is -0.402. The summed E-state index contributed by atoms with van der Waals surface area (Å²) in [5, 5.41) is 3.74. The van der Waals surface area contributed by atoms with E-state index in [2.05, 4.69) is 5.16 Å². The van der Waals surface area contributed by atoms with E-state index in [1.54, 1.807) is 19.1 Å². The molecular weight excluding hydrogens is 242 g/mol. The van der Waals surface area contributed by atoms with Gasteiger partial charge >= 0.3 is 5.97 Å². The summed E-state index contributed by atoms with van der Waals surface area (Å²) in [6.07, 6.45) is 3.12. The van der Waals surface area contributed by atoms with E-state index in [1.165, 1.54) is 11.6 Å². The standard InChI is InChI=1S/C15H15NO3/c1-11-3-5-13(6-4-11)7-8-15(17)18-10-14-9-12(2)19-16-14/h3-9H,10H2,1-2H3/b8-7+. The van der Waals surface area contributed by atoms with Crippen LogP contribution in [0.2, 0.25) is 0 Å². The molecule has 19 heavy (non-hydrogen) atoms. The van der Waals surface area contributed by atoms with Crippen LogP contribution >= 0.6 is 0 Å². The lowest BCUT2D eigenvalue weighted by Gasteiger charge is -1.98. The number of esters is 1. The van der Waals surface area contributed by atoms with E-state index in [-0.39, 0.29) is 6.61 Å². The van der Waals surface area contributed by atoms with Crippen molar-refractivity contribution in [3.8, 4) is 0 Å². The van der Waals surface area contributed by atoms with Gasteiger partial charge in [0.25, 0.3) is 0 Å². The number of hydrogen-bond donors (Lipinski definition) is 0. The molecule has 0 N–H and O–H groups in total. The minimum absolute atomic E-state index is 0.119. The van der Waals surface area contributed by atoms with Crippen LogP contribution in [0.3, 0.4) is 0 Å². The molecule has 0 unspecified atom stereocenters. The molecule has 0 amide bonds. The van der Waals surface area contributed by atoms with Crippen LogP contribution in [0, 0.1) is 13.8 Å². The summed E-state index contributed by atoms with van der Waals surface area (Å²) in [4.78, 5) is 11.5. The lowest BCUT2D eigenvalue weighted by Crippen LogP contribution is -2.00. The molecule has 0 bridgehead atoms. The van der Waals surface area contributed by atoms with E-state index < -0.39 is 5.97 Å². The number of hydrogen-bond acceptors (Lipinski definition) is 4. The Morgan fingerprint density at radius 2 is 2.05 bits per heavy atom. The van der Waals surface area contributed by atoms with E-state index in [9.17, 15) is 4.79 Å². The summed E-state index contributed by atoms with van der Waals surface area (Å²) >= 11 is 0. The maximum absolute atomic E-state index is 11.5. The fourth-order valence-corrected chi connectivity index (χ4v) is 1.52. The molecule has 0 saturated carbocycles. The maximum atomic E-state index is 11.5. The molecule has 1 aromatic carbocycles. The molecule has 0 atom stereocenters. The first-order valence-corrected chi connectivity index (χ1v) is 5.97. The summed E-state index contributed by atoms with van der Waals surface area (Å²) in [6.45, 7) is 3.92. The lowest BCUT2D eigenvalue weighted by molar-refractivity contribution is -0.139. The molecule has 0 aliphatic carbocycles. The lowest BCUT2D eigenvalue weighted by atomic mass is 10.1. The third-order valence-electron chi connectivity index (χ3n) is 2.53. The second-order valence-electron chi connectivity index (χ2n) is 4.28. The fourth-order valence-electron chi connectivity index (χ4n) is 1.52. The third kappa shape index (κ3) is 4.10. The van der Waals surface area contributed by atoms with Crippen molar-refractivity contribution in [2.24, 2.45) is 0 Å². The topological polar surface area (TPSA) is 52.3 Å². The molecule has 0 aliphatic heterocycles. The van der Waals surface area contributed by atoms with Gasteiger partial charge in [-0.25, -0.2) is 4.79 Å². The first-order valence-electron chi connectivity index (χ1n) is 5.97. The Balaban J connectivity index is 1.85. The monoisotopic (exact) mass is 257 g/mol. The second-order valence-corrected chi connectivity index (χ2v) is 4.28. The highest BCUT2D eigenvalue weighted by Gasteiger charge is 2.03. The van der Waals surface area contributed by atoms with Crippen LogP contribution in [0.4, 0.5) is 0 Å². The third-order valence-corrected chi connectivity index (χ3v) is 2.53. The van der Waals surface area contributed by atoms with Gasteiger partial charge in [0.15, 0.2) is 0 Å². The highest BCUT2D eigenvalue weighted by molar-refractivity contribution is 5.87. The number of benzene rings is 1. The van der Waals surface area contributed by atoms with E-state index in [0.717, 1.165) is 5.56 Å². The van der Waals surface area contributed by atoms with Crippen molar-refractivity contribution in [1.29, 1.82) is 0 Å². The van der Waals surface area contributed by atoms with Gasteiger partial charge in [0.05, 0.1) is 0 Å². The molecule has 0 aliphatic rings. The highest BCUT2D eigenvalue weighted by atomic mass is 16.5. The van der Waals surface area contributed by atoms with Gasteiger partial charge < -0.3 is 9.26 Å². The summed E-state index contributed by atoms with van der Waals surface area (Å²) in [5.74, 6) is 0.294. The van der Waals surface area contributed by atoms with Gasteiger partial charge in [-0.1, -0.05) is 35.0 Å². The fraction of sp³-hybridized carbons (Fsp3) is 0.200. The summed E-state index contributed by atoms with van der Waals surface area (Å²) in [6, 6.07) is 9.60. The molecule has 2 rings (SSSR count). The van der Waals surface area contributed by atoms with Gasteiger partial charge in [-0.05, 0) is 25.5 Å². The Hall–Kier alpha value is -2.36. The molecular formula is C15H15NO3. The van der Waals surface area contributed by atoms with Crippen molar-refractivity contribution in [3.05, 3.63) is 59.0 Å². The Morgan fingerprint density at radius 3 is 2.68 bits per heavy atom. The quantitative estimate of drug-likeness (QED) is 0.624. The number of aryl methyl sites for hydroxylation is 2. The van der Waals surface area contributed by atoms with Crippen molar-refractivity contribution in [2.75, 3.05) is 0 Å². The first-order chi connectivity index (χ1) is 9.13. The van der Waals surface area contributed by atoms with Gasteiger partial charge in [-0.3, -0.25) is 0 Å². The first kappa shape index (κ1) is 13.1. The molecule has 0 radical (unpaired) electrons. The maximum Gasteiger partial charge on any atom is 0.331 e. The van der Waals surface area contributed by atoms with Gasteiger partial charge in [-0.15, -0.1) is 0 Å². The smallest absolute Gasteiger partial charge is 0.331 e. The molecule has 1 heterocycles. The number of rotatable bonds is 4. The summed E-state index contributed by atoms with van der Waals surface area (Å²) in [5.41, 5.74) is 2.75. The van der Waals surface area contributed by atoms with Crippen molar-refractivity contribution in [2.45, 2.75) is 20.5 Å². The molecule has 4 nitrogen and oxygen atoms in total. The van der Waals surface area contributed by atoms with Gasteiger partial charge in [-0.2, -0.15) is 0 Å². The van der Waals surface area contributed by atoms with Crippen LogP contribution in [0.15, 0.2) is 40.9 Å². The van der Waals surface area contributed by atoms with Gasteiger partial charge in [0.2, 0.25) is 0 Å². The van der Waals surface area contributed by atoms with Crippen LogP contribution in [0.5, 0.6) is 0 Å². The number of carbonyl (C=O) groups is 1. The normalized spacial score (nSPS) is 10.8. The summed E-state index contributed by atoms with van der Waals surface area (Å²) < 4.78 is 9.92. The highest BCUT2D eigenvalue weighted by Crippen LogP contribution is 2.06. The average Bonchev–Trinajstić information content (AvgIpc) is 2.81. The van der Waals surface area contributed by atoms with Crippen molar-refractivity contribution in [1.82, 2.24) is 5.16 Å². The molecule has 2 aromatic rings. The Morgan fingerprint density at radius 1 is 1.32 bits per heavy atom. The SMILES string of the molecule is Cc1ccc(/C=C/C(=O)OCc2cc(C)on2)cc1. The van der Waals surface area contributed by atoms with Crippen LogP contribution < -0.4 is 0 Å². The molecule has 0 spiro atoms. The minimum Gasteiger partial charge on any atom is -0.456 e. The number of carbonyl (C=O) groups excluding carboxylic acids is 1. The molecule has 1 aromatic heterocycles. The van der Waals surface area contributed by atoms with Crippen LogP contribution in [-0.4, -0.2) is 11.1 Å². The van der Waals surface area contributed by atoms with E-state index in [0.29, 0.717) is 11.5 Å². The number of ether oxygens (including phenoxy) is 1. The van der Waals surface area contributed by atoms with E-state index in [1.807, 2.05) is 31.2 Å². The zero-order valence-corrected chi connectivity index (χ0v) is 10.9. The van der Waals surface area contributed by atoms with Crippen LogP contribution in [0.1, 0.15) is 22.6 Å². The Labute approximate surface area is 111 Å². The molecule has 4 heteroatoms. The molecule has 0 fully saturated rings. The summed E-state index contributed by atoms with van der Waals surface area (Å²) in [7, 11) is 0. The average molecular weight is 257 g/mol. The predicted molar refractivity (Wildman–Crippen MR) is 71.2 cm³/mol. The molecule has 0 saturated heterocycles. The zero-order valence-electron chi connectivity index (χ0n) is 10.9. The zero-order chi connectivity index (χ0) is 13.7. The predicted octanol–water partition coefficient (Wildman–Crippen LogP) is 3.05. The van der Waals surface area contributed by atoms with Gasteiger partial charge in [0.1, 0.15) is 18.1 Å². The Bertz CT molecular complexity index is 582. The van der Waals surface area contributed by atoms with Crippen molar-refractivity contribution in [3.63, 3.8) is 0 Å². The molecule has 98 valence electrons. The second kappa shape index (κ2) is 6.00. The van der Waals surface area contributed by atoms with Gasteiger partial charge in [0, 0.05) is 12.1 Å². The van der Waals surface area contributed by atoms with E-state index in [4.69, 9.17) is 9.26 Å². The van der Waals surface area contributed by atoms with E-state index >= 15 is 0 Å². The van der Waals surface area contributed by atoms with Crippen molar-refractivity contribution < 1.29 is 14.1 Å². The van der Waals surface area contributed by atoms with Crippen LogP contribution in [0.25, 0.3) is 6.08 Å². The van der Waals surface area contributed by atoms with Crippen molar-refractivity contribution >= 4 is 12.0 Å².